The molecule has 0 amide bonds. The minimum atomic E-state index is -3.24. The summed E-state index contributed by atoms with van der Waals surface area (Å²) in [6.07, 6.45) is 1.64. The Balaban J connectivity index is 2.33. The van der Waals surface area contributed by atoms with E-state index < -0.39 is 15.3 Å². The van der Waals surface area contributed by atoms with E-state index in [1.54, 1.807) is 18.3 Å². The Kier molecular flexibility index (Phi) is 6.92. The number of nitrogens with zero attached hydrogens (tertiary/aromatic N) is 1. The van der Waals surface area contributed by atoms with E-state index in [1.807, 2.05) is 12.3 Å². The summed E-state index contributed by atoms with van der Waals surface area (Å²) < 4.78 is 26.5. The first-order valence-corrected chi connectivity index (χ1v) is 8.98. The molecule has 1 atom stereocenters. The molecule has 0 radical (unpaired) electrons. The van der Waals surface area contributed by atoms with Gasteiger partial charge in [0.05, 0.1) is 16.0 Å². The third-order valence-corrected chi connectivity index (χ3v) is 5.39. The Hall–Kier alpha value is -0.500. The zero-order valence-corrected chi connectivity index (χ0v) is 13.4. The summed E-state index contributed by atoms with van der Waals surface area (Å²) in [4.78, 5) is 4.31. The van der Waals surface area contributed by atoms with Gasteiger partial charge in [0.15, 0.2) is 0 Å². The SMILES string of the molecule is CCCNCC(C)S(=O)(=O)NCCc1csc(C)n1. The predicted octanol–water partition coefficient (Wildman–Crippen LogP) is 1.30. The van der Waals surface area contributed by atoms with Crippen LogP contribution in [0.2, 0.25) is 0 Å². The van der Waals surface area contributed by atoms with Gasteiger partial charge in [0, 0.05) is 24.9 Å². The molecule has 1 heterocycles. The van der Waals surface area contributed by atoms with E-state index in [4.69, 9.17) is 0 Å². The van der Waals surface area contributed by atoms with Crippen LogP contribution in [0.15, 0.2) is 5.38 Å². The largest absolute Gasteiger partial charge is 0.315 e. The van der Waals surface area contributed by atoms with Gasteiger partial charge in [0.2, 0.25) is 10.0 Å². The van der Waals surface area contributed by atoms with Crippen LogP contribution in [-0.2, 0) is 16.4 Å². The molecular formula is C12H23N3O2S2. The van der Waals surface area contributed by atoms with Crippen LogP contribution < -0.4 is 10.0 Å². The van der Waals surface area contributed by atoms with Gasteiger partial charge in [-0.15, -0.1) is 11.3 Å². The van der Waals surface area contributed by atoms with Crippen molar-refractivity contribution in [2.45, 2.75) is 38.9 Å². The fourth-order valence-corrected chi connectivity index (χ4v) is 3.23. The van der Waals surface area contributed by atoms with Gasteiger partial charge in [-0.1, -0.05) is 6.92 Å². The van der Waals surface area contributed by atoms with Crippen molar-refractivity contribution in [2.24, 2.45) is 0 Å². The summed E-state index contributed by atoms with van der Waals surface area (Å²) in [5.74, 6) is 0. The van der Waals surface area contributed by atoms with Crippen molar-refractivity contribution in [1.82, 2.24) is 15.0 Å². The van der Waals surface area contributed by atoms with Gasteiger partial charge >= 0.3 is 0 Å². The summed E-state index contributed by atoms with van der Waals surface area (Å²) in [6, 6.07) is 0. The lowest BCUT2D eigenvalue weighted by Crippen LogP contribution is -2.39. The third kappa shape index (κ3) is 5.99. The van der Waals surface area contributed by atoms with E-state index in [2.05, 4.69) is 21.9 Å². The number of rotatable bonds is 9. The molecule has 1 aromatic rings. The molecule has 0 aliphatic carbocycles. The Morgan fingerprint density at radius 3 is 2.74 bits per heavy atom. The molecule has 0 saturated carbocycles. The van der Waals surface area contributed by atoms with E-state index in [0.29, 0.717) is 19.5 Å². The average Bonchev–Trinajstić information content (AvgIpc) is 2.75. The topological polar surface area (TPSA) is 71.1 Å². The van der Waals surface area contributed by atoms with E-state index in [9.17, 15) is 8.42 Å². The van der Waals surface area contributed by atoms with Gasteiger partial charge in [0.25, 0.3) is 0 Å². The number of aryl methyl sites for hydroxylation is 1. The molecule has 2 N–H and O–H groups in total. The quantitative estimate of drug-likeness (QED) is 0.675. The average molecular weight is 305 g/mol. The summed E-state index contributed by atoms with van der Waals surface area (Å²) in [7, 11) is -3.24. The van der Waals surface area contributed by atoms with Crippen LogP contribution in [0.5, 0.6) is 0 Å². The Bertz CT molecular complexity index is 471. The van der Waals surface area contributed by atoms with Crippen LogP contribution in [-0.4, -0.2) is 38.3 Å². The lowest BCUT2D eigenvalue weighted by Gasteiger charge is -2.14. The highest BCUT2D eigenvalue weighted by atomic mass is 32.2. The van der Waals surface area contributed by atoms with Crippen molar-refractivity contribution in [3.63, 3.8) is 0 Å². The predicted molar refractivity (Wildman–Crippen MR) is 80.1 cm³/mol. The highest BCUT2D eigenvalue weighted by Crippen LogP contribution is 2.08. The number of hydrogen-bond donors (Lipinski definition) is 2. The Morgan fingerprint density at radius 1 is 1.42 bits per heavy atom. The molecule has 1 unspecified atom stereocenters. The van der Waals surface area contributed by atoms with Crippen LogP contribution in [0.25, 0.3) is 0 Å². The molecule has 19 heavy (non-hydrogen) atoms. The second-order valence-electron chi connectivity index (χ2n) is 4.56. The standard InChI is InChI=1S/C12H23N3O2S2/c1-4-6-13-8-10(2)19(16,17)14-7-5-12-9-18-11(3)15-12/h9-10,13-14H,4-8H2,1-3H3. The highest BCUT2D eigenvalue weighted by Gasteiger charge is 2.19. The van der Waals surface area contributed by atoms with Gasteiger partial charge in [-0.3, -0.25) is 0 Å². The smallest absolute Gasteiger partial charge is 0.215 e. The molecule has 0 fully saturated rings. The first-order chi connectivity index (χ1) is 8.95. The summed E-state index contributed by atoms with van der Waals surface area (Å²) in [6.45, 7) is 7.46. The van der Waals surface area contributed by atoms with Crippen molar-refractivity contribution >= 4 is 21.4 Å². The van der Waals surface area contributed by atoms with Gasteiger partial charge < -0.3 is 5.32 Å². The van der Waals surface area contributed by atoms with Gasteiger partial charge in [0.1, 0.15) is 0 Å². The molecule has 7 heteroatoms. The first kappa shape index (κ1) is 16.6. The molecule has 0 aromatic carbocycles. The minimum Gasteiger partial charge on any atom is -0.315 e. The maximum Gasteiger partial charge on any atom is 0.215 e. The fraction of sp³-hybridized carbons (Fsp3) is 0.750. The minimum absolute atomic E-state index is 0.406. The van der Waals surface area contributed by atoms with Gasteiger partial charge in [-0.2, -0.15) is 0 Å². The Labute approximate surface area is 119 Å². The fourth-order valence-electron chi connectivity index (χ4n) is 1.58. The normalized spacial score (nSPS) is 13.6. The number of aromatic nitrogens is 1. The zero-order valence-electron chi connectivity index (χ0n) is 11.8. The molecule has 5 nitrogen and oxygen atoms in total. The second-order valence-corrected chi connectivity index (χ2v) is 7.81. The molecule has 1 aromatic heterocycles. The lowest BCUT2D eigenvalue weighted by atomic mass is 10.3. The molecule has 0 saturated heterocycles. The van der Waals surface area contributed by atoms with Crippen LogP contribution in [0, 0.1) is 6.92 Å². The summed E-state index contributed by atoms with van der Waals surface area (Å²) in [5, 5.41) is 5.68. The molecule has 1 rings (SSSR count). The van der Waals surface area contributed by atoms with E-state index in [-0.39, 0.29) is 0 Å². The van der Waals surface area contributed by atoms with Gasteiger partial charge in [-0.25, -0.2) is 18.1 Å². The first-order valence-electron chi connectivity index (χ1n) is 6.56. The number of hydrogen-bond acceptors (Lipinski definition) is 5. The third-order valence-electron chi connectivity index (χ3n) is 2.74. The maximum atomic E-state index is 12.0. The molecule has 0 bridgehead atoms. The van der Waals surface area contributed by atoms with Crippen molar-refractivity contribution < 1.29 is 8.42 Å². The Morgan fingerprint density at radius 2 is 2.16 bits per heavy atom. The molecular weight excluding hydrogens is 282 g/mol. The monoisotopic (exact) mass is 305 g/mol. The van der Waals surface area contributed by atoms with Crippen LogP contribution in [0.3, 0.4) is 0 Å². The van der Waals surface area contributed by atoms with E-state index in [0.717, 1.165) is 23.7 Å². The van der Waals surface area contributed by atoms with Crippen molar-refractivity contribution in [1.29, 1.82) is 0 Å². The lowest BCUT2D eigenvalue weighted by molar-refractivity contribution is 0.557. The maximum absolute atomic E-state index is 12.0. The van der Waals surface area contributed by atoms with Crippen LogP contribution in [0.4, 0.5) is 0 Å². The van der Waals surface area contributed by atoms with Crippen molar-refractivity contribution in [3.8, 4) is 0 Å². The van der Waals surface area contributed by atoms with E-state index >= 15 is 0 Å². The van der Waals surface area contributed by atoms with E-state index in [1.165, 1.54) is 0 Å². The summed E-state index contributed by atoms with van der Waals surface area (Å²) in [5.41, 5.74) is 0.946. The number of sulfonamides is 1. The van der Waals surface area contributed by atoms with Gasteiger partial charge in [-0.05, 0) is 26.8 Å². The second kappa shape index (κ2) is 7.94. The molecule has 0 aliphatic rings. The zero-order chi connectivity index (χ0) is 14.3. The summed E-state index contributed by atoms with van der Waals surface area (Å²) >= 11 is 1.58. The highest BCUT2D eigenvalue weighted by molar-refractivity contribution is 7.90. The van der Waals surface area contributed by atoms with Crippen LogP contribution >= 0.6 is 11.3 Å². The molecule has 110 valence electrons. The number of nitrogens with one attached hydrogen (secondary N) is 2. The van der Waals surface area contributed by atoms with Crippen molar-refractivity contribution in [2.75, 3.05) is 19.6 Å². The van der Waals surface area contributed by atoms with Crippen LogP contribution in [0.1, 0.15) is 31.0 Å². The number of thiazole rings is 1. The van der Waals surface area contributed by atoms with Crippen molar-refractivity contribution in [3.05, 3.63) is 16.1 Å². The molecule has 0 aliphatic heterocycles. The molecule has 0 spiro atoms.